The van der Waals surface area contributed by atoms with Crippen molar-refractivity contribution in [3.8, 4) is 6.07 Å². The maximum Gasteiger partial charge on any atom is 0.338 e. The van der Waals surface area contributed by atoms with Crippen LogP contribution in [0.1, 0.15) is 53.9 Å². The summed E-state index contributed by atoms with van der Waals surface area (Å²) in [6, 6.07) is 16.0. The minimum absolute atomic E-state index is 0.181. The second-order valence-electron chi connectivity index (χ2n) is 6.89. The molecule has 0 aromatic heterocycles. The van der Waals surface area contributed by atoms with Crippen molar-refractivity contribution in [1.29, 1.82) is 5.26 Å². The van der Waals surface area contributed by atoms with Crippen LogP contribution in [0.15, 0.2) is 48.5 Å². The lowest BCUT2D eigenvalue weighted by atomic mass is 10.00. The van der Waals surface area contributed by atoms with E-state index in [1.165, 1.54) is 29.8 Å². The number of esters is 1. The number of amides is 1. The Kier molecular flexibility index (Phi) is 7.13. The molecular formula is C22H24N2O3. The monoisotopic (exact) mass is 364 g/mol. The summed E-state index contributed by atoms with van der Waals surface area (Å²) in [5.74, 6) is -0.366. The molecule has 2 aromatic rings. The Labute approximate surface area is 160 Å². The van der Waals surface area contributed by atoms with E-state index >= 15 is 0 Å². The molecule has 1 N–H and O–H groups in total. The summed E-state index contributed by atoms with van der Waals surface area (Å²) < 4.78 is 5.03. The van der Waals surface area contributed by atoms with Gasteiger partial charge in [-0.05, 0) is 54.7 Å². The van der Waals surface area contributed by atoms with Crippen LogP contribution in [0.4, 0.5) is 0 Å². The number of nitrogens with one attached hydrogen (secondary N) is 1. The van der Waals surface area contributed by atoms with E-state index in [4.69, 9.17) is 10.00 Å². The maximum absolute atomic E-state index is 12.0. The first-order valence-electron chi connectivity index (χ1n) is 8.94. The van der Waals surface area contributed by atoms with Crippen molar-refractivity contribution in [3.63, 3.8) is 0 Å². The highest BCUT2D eigenvalue weighted by Crippen LogP contribution is 2.15. The number of hydrogen-bond donors (Lipinski definition) is 1. The van der Waals surface area contributed by atoms with Gasteiger partial charge in [0.2, 0.25) is 0 Å². The molecule has 0 saturated carbocycles. The molecule has 5 heteroatoms. The molecule has 0 saturated heterocycles. The fourth-order valence-electron chi connectivity index (χ4n) is 2.68. The van der Waals surface area contributed by atoms with Gasteiger partial charge in [-0.2, -0.15) is 5.26 Å². The van der Waals surface area contributed by atoms with Gasteiger partial charge in [-0.25, -0.2) is 4.79 Å². The molecular weight excluding hydrogens is 340 g/mol. The van der Waals surface area contributed by atoms with E-state index < -0.39 is 5.97 Å². The van der Waals surface area contributed by atoms with Crippen molar-refractivity contribution in [3.05, 3.63) is 70.8 Å². The number of nitrogens with zero attached hydrogens (tertiary/aromatic N) is 1. The molecule has 0 unspecified atom stereocenters. The van der Waals surface area contributed by atoms with Crippen LogP contribution in [-0.4, -0.2) is 18.5 Å². The van der Waals surface area contributed by atoms with Crippen molar-refractivity contribution in [1.82, 2.24) is 5.32 Å². The molecule has 0 fully saturated rings. The quantitative estimate of drug-likeness (QED) is 0.758. The van der Waals surface area contributed by atoms with Crippen molar-refractivity contribution in [2.24, 2.45) is 5.92 Å². The summed E-state index contributed by atoms with van der Waals surface area (Å²) >= 11 is 0. The van der Waals surface area contributed by atoms with E-state index in [1.54, 1.807) is 0 Å². The largest absolute Gasteiger partial charge is 0.452 e. The predicted molar refractivity (Wildman–Crippen MR) is 103 cm³/mol. The van der Waals surface area contributed by atoms with E-state index in [0.29, 0.717) is 17.0 Å². The normalized spacial score (nSPS) is 11.5. The molecule has 140 valence electrons. The summed E-state index contributed by atoms with van der Waals surface area (Å²) in [6.45, 7) is 5.89. The first-order valence-corrected chi connectivity index (χ1v) is 8.94. The van der Waals surface area contributed by atoms with Crippen LogP contribution >= 0.6 is 0 Å². The van der Waals surface area contributed by atoms with E-state index in [1.807, 2.05) is 25.1 Å². The van der Waals surface area contributed by atoms with Crippen LogP contribution in [0, 0.1) is 17.2 Å². The lowest BCUT2D eigenvalue weighted by molar-refractivity contribution is -0.124. The van der Waals surface area contributed by atoms with E-state index in [9.17, 15) is 9.59 Å². The van der Waals surface area contributed by atoms with Crippen LogP contribution in [0.5, 0.6) is 0 Å². The lowest BCUT2D eigenvalue weighted by Gasteiger charge is -2.15. The van der Waals surface area contributed by atoms with Crippen LogP contribution < -0.4 is 5.32 Å². The molecule has 0 aliphatic carbocycles. The first kappa shape index (κ1) is 20.2. The van der Waals surface area contributed by atoms with Crippen molar-refractivity contribution >= 4 is 11.9 Å². The molecule has 5 nitrogen and oxygen atoms in total. The predicted octanol–water partition coefficient (Wildman–Crippen LogP) is 3.79. The molecule has 0 spiro atoms. The number of nitriles is 1. The smallest absolute Gasteiger partial charge is 0.338 e. The van der Waals surface area contributed by atoms with Crippen molar-refractivity contribution < 1.29 is 14.3 Å². The lowest BCUT2D eigenvalue weighted by Crippen LogP contribution is -2.31. The number of benzene rings is 2. The molecule has 27 heavy (non-hydrogen) atoms. The number of rotatable bonds is 7. The minimum Gasteiger partial charge on any atom is -0.452 e. The van der Waals surface area contributed by atoms with E-state index in [0.717, 1.165) is 12.0 Å². The first-order chi connectivity index (χ1) is 12.9. The second kappa shape index (κ2) is 9.54. The van der Waals surface area contributed by atoms with Gasteiger partial charge in [-0.1, -0.05) is 38.1 Å². The van der Waals surface area contributed by atoms with Gasteiger partial charge < -0.3 is 10.1 Å². The van der Waals surface area contributed by atoms with Gasteiger partial charge in [-0.15, -0.1) is 0 Å². The van der Waals surface area contributed by atoms with Gasteiger partial charge in [0, 0.05) is 0 Å². The summed E-state index contributed by atoms with van der Waals surface area (Å²) in [5, 5.41) is 11.6. The molecule has 2 rings (SSSR count). The average Bonchev–Trinajstić information content (AvgIpc) is 2.66. The summed E-state index contributed by atoms with van der Waals surface area (Å²) in [6.07, 6.45) is 1.02. The van der Waals surface area contributed by atoms with Gasteiger partial charge in [0.1, 0.15) is 0 Å². The van der Waals surface area contributed by atoms with E-state index in [2.05, 4.69) is 31.3 Å². The number of carbonyl (C=O) groups is 2. The van der Waals surface area contributed by atoms with Crippen LogP contribution in [-0.2, 0) is 16.0 Å². The fraction of sp³-hybridized carbons (Fsp3) is 0.318. The zero-order chi connectivity index (χ0) is 19.8. The Morgan fingerprint density at radius 2 is 1.67 bits per heavy atom. The maximum atomic E-state index is 12.0. The summed E-state index contributed by atoms with van der Waals surface area (Å²) in [7, 11) is 0. The van der Waals surface area contributed by atoms with Crippen LogP contribution in [0.2, 0.25) is 0 Å². The summed E-state index contributed by atoms with van der Waals surface area (Å²) in [4.78, 5) is 24.0. The third-order valence-corrected chi connectivity index (χ3v) is 4.09. The minimum atomic E-state index is -0.597. The Morgan fingerprint density at radius 3 is 2.22 bits per heavy atom. The average molecular weight is 364 g/mol. The number of carbonyl (C=O) groups excluding carboxylic acids is 2. The highest BCUT2D eigenvalue weighted by Gasteiger charge is 2.13. The molecule has 0 heterocycles. The van der Waals surface area contributed by atoms with Crippen LogP contribution in [0.25, 0.3) is 0 Å². The molecule has 0 radical (unpaired) electrons. The second-order valence-corrected chi connectivity index (χ2v) is 6.89. The van der Waals surface area contributed by atoms with Crippen molar-refractivity contribution in [2.75, 3.05) is 6.61 Å². The zero-order valence-corrected chi connectivity index (χ0v) is 15.9. The number of ether oxygens (including phenoxy) is 1. The topological polar surface area (TPSA) is 79.2 Å². The highest BCUT2D eigenvalue weighted by atomic mass is 16.5. The fourth-order valence-corrected chi connectivity index (χ4v) is 2.68. The Bertz CT molecular complexity index is 818. The molecule has 0 aliphatic rings. The summed E-state index contributed by atoms with van der Waals surface area (Å²) in [5.41, 5.74) is 3.02. The third kappa shape index (κ3) is 6.27. The molecule has 0 aliphatic heterocycles. The molecule has 0 bridgehead atoms. The van der Waals surface area contributed by atoms with Gasteiger partial charge in [-0.3, -0.25) is 4.79 Å². The third-order valence-electron chi connectivity index (χ3n) is 4.09. The Hall–Kier alpha value is -3.13. The highest BCUT2D eigenvalue weighted by molar-refractivity contribution is 5.91. The standard InChI is InChI=1S/C22H24N2O3/c1-15(2)12-17-4-8-19(9-5-17)16(3)24-21(25)14-27-22(26)20-10-6-18(13-23)7-11-20/h4-11,15-16H,12,14H2,1-3H3,(H,24,25)/t16-/m1/s1. The van der Waals surface area contributed by atoms with Crippen LogP contribution in [0.3, 0.4) is 0 Å². The molecule has 2 aromatic carbocycles. The molecule has 1 amide bonds. The Morgan fingerprint density at radius 1 is 1.04 bits per heavy atom. The zero-order valence-electron chi connectivity index (χ0n) is 15.9. The van der Waals surface area contributed by atoms with E-state index in [-0.39, 0.29) is 18.6 Å². The van der Waals surface area contributed by atoms with Gasteiger partial charge in [0.15, 0.2) is 6.61 Å². The van der Waals surface area contributed by atoms with Crippen molar-refractivity contribution in [2.45, 2.75) is 33.2 Å². The number of hydrogen-bond acceptors (Lipinski definition) is 4. The van der Waals surface area contributed by atoms with Gasteiger partial charge in [0.05, 0.1) is 23.2 Å². The SMILES string of the molecule is CC(C)Cc1ccc([C@@H](C)NC(=O)COC(=O)c2ccc(C#N)cc2)cc1. The van der Waals surface area contributed by atoms with Gasteiger partial charge in [0.25, 0.3) is 5.91 Å². The molecule has 1 atom stereocenters. The van der Waals surface area contributed by atoms with Gasteiger partial charge >= 0.3 is 5.97 Å². The Balaban J connectivity index is 1.83.